The van der Waals surface area contributed by atoms with Crippen LogP contribution in [0.15, 0.2) is 29.4 Å². The lowest BCUT2D eigenvalue weighted by Gasteiger charge is -2.34. The fourth-order valence-corrected chi connectivity index (χ4v) is 3.72. The Balaban J connectivity index is 1.68. The molecule has 1 spiro atoms. The van der Waals surface area contributed by atoms with Crippen molar-refractivity contribution in [2.75, 3.05) is 0 Å². The average Bonchev–Trinajstić information content (AvgIpc) is 2.91. The van der Waals surface area contributed by atoms with Crippen LogP contribution in [0.25, 0.3) is 0 Å². The van der Waals surface area contributed by atoms with Crippen LogP contribution in [0.2, 0.25) is 0 Å². The second-order valence-corrected chi connectivity index (χ2v) is 8.17. The van der Waals surface area contributed by atoms with Crippen LogP contribution in [0.5, 0.6) is 0 Å². The highest BCUT2D eigenvalue weighted by Gasteiger charge is 2.42. The van der Waals surface area contributed by atoms with Crippen molar-refractivity contribution >= 4 is 5.71 Å². The van der Waals surface area contributed by atoms with Crippen LogP contribution >= 0.6 is 0 Å². The van der Waals surface area contributed by atoms with Gasteiger partial charge in [-0.3, -0.25) is 0 Å². The number of hydrogen-bond acceptors (Lipinski definition) is 2. The van der Waals surface area contributed by atoms with Crippen molar-refractivity contribution in [2.24, 2.45) is 11.1 Å². The zero-order valence-electron chi connectivity index (χ0n) is 14.5. The quantitative estimate of drug-likeness (QED) is 0.711. The summed E-state index contributed by atoms with van der Waals surface area (Å²) in [5.74, 6) is 0.893. The van der Waals surface area contributed by atoms with E-state index in [1.165, 1.54) is 43.2 Å². The molecular weight excluding hydrogens is 270 g/mol. The number of rotatable bonds is 2. The van der Waals surface area contributed by atoms with E-state index in [1.807, 2.05) is 0 Å². The Bertz CT molecular complexity index is 542. The number of hydrogen-bond donors (Lipinski definition) is 0. The van der Waals surface area contributed by atoms with Crippen LogP contribution in [0.1, 0.15) is 77.3 Å². The van der Waals surface area contributed by atoms with Gasteiger partial charge in [-0.1, -0.05) is 63.5 Å². The molecule has 2 aliphatic rings. The third-order valence-electron chi connectivity index (χ3n) is 5.52. The zero-order chi connectivity index (χ0) is 15.8. The summed E-state index contributed by atoms with van der Waals surface area (Å²) in [6.45, 7) is 9.05. The van der Waals surface area contributed by atoms with Gasteiger partial charge in [0.15, 0.2) is 0 Å². The van der Waals surface area contributed by atoms with E-state index in [4.69, 9.17) is 4.84 Å². The minimum absolute atomic E-state index is 0.00367. The Morgan fingerprint density at radius 3 is 2.32 bits per heavy atom. The first-order valence-electron chi connectivity index (χ1n) is 8.78. The Morgan fingerprint density at radius 2 is 1.77 bits per heavy atom. The van der Waals surface area contributed by atoms with E-state index < -0.39 is 0 Å². The summed E-state index contributed by atoms with van der Waals surface area (Å²) in [7, 11) is 0. The summed E-state index contributed by atoms with van der Waals surface area (Å²) >= 11 is 0. The van der Waals surface area contributed by atoms with Gasteiger partial charge in [0.1, 0.15) is 5.60 Å². The molecule has 0 aromatic heterocycles. The zero-order valence-corrected chi connectivity index (χ0v) is 14.5. The van der Waals surface area contributed by atoms with E-state index in [1.54, 1.807) is 0 Å². The maximum absolute atomic E-state index is 5.93. The Morgan fingerprint density at radius 1 is 1.14 bits per heavy atom. The van der Waals surface area contributed by atoms with Crippen molar-refractivity contribution in [1.82, 2.24) is 0 Å². The van der Waals surface area contributed by atoms with Gasteiger partial charge in [0.25, 0.3) is 0 Å². The van der Waals surface area contributed by atoms with Gasteiger partial charge in [0.2, 0.25) is 0 Å². The summed E-state index contributed by atoms with van der Waals surface area (Å²) in [4.78, 5) is 5.93. The lowest BCUT2D eigenvalue weighted by molar-refractivity contribution is -0.0544. The molecule has 1 fully saturated rings. The van der Waals surface area contributed by atoms with Crippen molar-refractivity contribution in [3.8, 4) is 0 Å². The lowest BCUT2D eigenvalue weighted by atomic mass is 9.75. The summed E-state index contributed by atoms with van der Waals surface area (Å²) in [5.41, 5.74) is 3.93. The molecule has 1 heterocycles. The molecule has 120 valence electrons. The number of oxime groups is 1. The molecule has 3 rings (SSSR count). The molecule has 0 N–H and O–H groups in total. The molecule has 0 atom stereocenters. The molecular formula is C20H29NO. The molecule has 0 saturated heterocycles. The van der Waals surface area contributed by atoms with Gasteiger partial charge in [-0.15, -0.1) is 0 Å². The maximum Gasteiger partial charge on any atom is 0.143 e. The van der Waals surface area contributed by atoms with Crippen LogP contribution in [0, 0.1) is 5.92 Å². The summed E-state index contributed by atoms with van der Waals surface area (Å²) in [6.07, 6.45) is 7.21. The first-order chi connectivity index (χ1) is 10.4. The number of benzene rings is 1. The molecule has 1 aromatic carbocycles. The third-order valence-corrected chi connectivity index (χ3v) is 5.52. The van der Waals surface area contributed by atoms with Gasteiger partial charge in [0.05, 0.1) is 5.71 Å². The monoisotopic (exact) mass is 299 g/mol. The minimum Gasteiger partial charge on any atom is -0.389 e. The highest BCUT2D eigenvalue weighted by atomic mass is 16.7. The Kier molecular flexibility index (Phi) is 4.05. The van der Waals surface area contributed by atoms with Gasteiger partial charge in [-0.2, -0.15) is 0 Å². The predicted molar refractivity (Wildman–Crippen MR) is 92.4 cm³/mol. The third kappa shape index (κ3) is 3.06. The normalized spacial score (nSPS) is 28.5. The molecule has 1 saturated carbocycles. The van der Waals surface area contributed by atoms with Gasteiger partial charge >= 0.3 is 0 Å². The average molecular weight is 299 g/mol. The molecule has 0 radical (unpaired) electrons. The topological polar surface area (TPSA) is 21.6 Å². The van der Waals surface area contributed by atoms with E-state index in [2.05, 4.69) is 57.1 Å². The summed E-state index contributed by atoms with van der Waals surface area (Å²) in [5, 5.41) is 4.44. The first kappa shape index (κ1) is 15.6. The number of nitrogens with zero attached hydrogens (tertiary/aromatic N) is 1. The molecule has 0 unspecified atom stereocenters. The molecule has 1 aliphatic carbocycles. The highest BCUT2D eigenvalue weighted by Crippen LogP contribution is 2.42. The SMILES string of the molecule is CCC1CCC2(CC1)CC(c1ccc(C(C)(C)C)cc1)=NO2. The van der Waals surface area contributed by atoms with Gasteiger partial charge in [-0.25, -0.2) is 0 Å². The largest absolute Gasteiger partial charge is 0.389 e. The Hall–Kier alpha value is -1.31. The molecule has 1 aromatic rings. The van der Waals surface area contributed by atoms with Crippen LogP contribution in [0.3, 0.4) is 0 Å². The van der Waals surface area contributed by atoms with Crippen LogP contribution < -0.4 is 0 Å². The maximum atomic E-state index is 5.93. The summed E-state index contributed by atoms with van der Waals surface area (Å²) < 4.78 is 0. The van der Waals surface area contributed by atoms with Crippen molar-refractivity contribution in [1.29, 1.82) is 0 Å². The summed E-state index contributed by atoms with van der Waals surface area (Å²) in [6, 6.07) is 8.88. The van der Waals surface area contributed by atoms with Gasteiger partial charge in [0, 0.05) is 6.42 Å². The second-order valence-electron chi connectivity index (χ2n) is 8.17. The first-order valence-corrected chi connectivity index (χ1v) is 8.78. The van der Waals surface area contributed by atoms with Crippen LogP contribution in [-0.2, 0) is 10.3 Å². The van der Waals surface area contributed by atoms with Crippen molar-refractivity contribution in [3.05, 3.63) is 35.4 Å². The van der Waals surface area contributed by atoms with Crippen molar-refractivity contribution in [3.63, 3.8) is 0 Å². The molecule has 22 heavy (non-hydrogen) atoms. The van der Waals surface area contributed by atoms with E-state index in [-0.39, 0.29) is 11.0 Å². The predicted octanol–water partition coefficient (Wildman–Crippen LogP) is 5.45. The lowest BCUT2D eigenvalue weighted by Crippen LogP contribution is -2.34. The van der Waals surface area contributed by atoms with E-state index in [0.29, 0.717) is 0 Å². The fraction of sp³-hybridized carbons (Fsp3) is 0.650. The molecule has 1 aliphatic heterocycles. The van der Waals surface area contributed by atoms with Crippen LogP contribution in [-0.4, -0.2) is 11.3 Å². The molecule has 0 bridgehead atoms. The Labute approximate surface area is 134 Å². The smallest absolute Gasteiger partial charge is 0.143 e. The second kappa shape index (κ2) is 5.72. The van der Waals surface area contributed by atoms with Crippen molar-refractivity contribution < 1.29 is 4.84 Å². The molecule has 2 heteroatoms. The van der Waals surface area contributed by atoms with E-state index in [0.717, 1.165) is 18.1 Å². The van der Waals surface area contributed by atoms with Crippen LogP contribution in [0.4, 0.5) is 0 Å². The molecule has 2 nitrogen and oxygen atoms in total. The van der Waals surface area contributed by atoms with Gasteiger partial charge in [-0.05, 0) is 48.1 Å². The van der Waals surface area contributed by atoms with Gasteiger partial charge < -0.3 is 4.84 Å². The fourth-order valence-electron chi connectivity index (χ4n) is 3.72. The highest BCUT2D eigenvalue weighted by molar-refractivity contribution is 6.01. The minimum atomic E-state index is 0.00367. The van der Waals surface area contributed by atoms with Crippen molar-refractivity contribution in [2.45, 2.75) is 77.2 Å². The van der Waals surface area contributed by atoms with E-state index >= 15 is 0 Å². The van der Waals surface area contributed by atoms with E-state index in [9.17, 15) is 0 Å². The molecule has 0 amide bonds. The standard InChI is InChI=1S/C20H29NO/c1-5-15-10-12-20(13-11-15)14-18(21-22-20)16-6-8-17(9-7-16)19(2,3)4/h6-9,15H,5,10-14H2,1-4H3.